The fraction of sp³-hybridized carbons (Fsp3) is 0.394. The maximum Gasteiger partial charge on any atom is 0.573 e. The zero-order chi connectivity index (χ0) is 33.1. The van der Waals surface area contributed by atoms with E-state index in [4.69, 9.17) is 0 Å². The number of rotatable bonds is 15. The van der Waals surface area contributed by atoms with Crippen molar-refractivity contribution in [2.24, 2.45) is 0 Å². The van der Waals surface area contributed by atoms with Crippen molar-refractivity contribution in [3.63, 3.8) is 0 Å². The predicted molar refractivity (Wildman–Crippen MR) is 160 cm³/mol. The van der Waals surface area contributed by atoms with E-state index in [1.165, 1.54) is 18.2 Å². The normalized spacial score (nSPS) is 12.8. The molecule has 7 nitrogen and oxygen atoms in total. The number of alkyl halides is 3. The molecular formula is C33H38F5N3O4. The van der Waals surface area contributed by atoms with Crippen LogP contribution in [0, 0.1) is 18.6 Å². The van der Waals surface area contributed by atoms with Crippen molar-refractivity contribution in [2.45, 2.75) is 65.1 Å². The van der Waals surface area contributed by atoms with Gasteiger partial charge in [0.2, 0.25) is 0 Å². The number of amides is 2. The number of aliphatic hydroxyl groups is 1. The monoisotopic (exact) mass is 635 g/mol. The van der Waals surface area contributed by atoms with Crippen LogP contribution in [0.1, 0.15) is 64.1 Å². The molecule has 0 saturated heterocycles. The second-order valence-electron chi connectivity index (χ2n) is 10.8. The van der Waals surface area contributed by atoms with Crippen molar-refractivity contribution in [3.8, 4) is 5.75 Å². The summed E-state index contributed by atoms with van der Waals surface area (Å²) in [6.07, 6.45) is -4.74. The Bertz CT molecular complexity index is 1420. The first-order chi connectivity index (χ1) is 21.3. The summed E-state index contributed by atoms with van der Waals surface area (Å²) in [6.45, 7) is 6.73. The summed E-state index contributed by atoms with van der Waals surface area (Å²) in [5, 5.41) is 16.7. The highest BCUT2D eigenvalue weighted by molar-refractivity contribution is 6.00. The van der Waals surface area contributed by atoms with Crippen LogP contribution in [0.25, 0.3) is 0 Å². The molecule has 2 atom stereocenters. The number of hydrogen-bond donors (Lipinski definition) is 3. The molecule has 0 aliphatic carbocycles. The zero-order valence-electron chi connectivity index (χ0n) is 25.4. The fourth-order valence-electron chi connectivity index (χ4n) is 4.95. The highest BCUT2D eigenvalue weighted by atomic mass is 19.4. The molecule has 3 aromatic carbocycles. The van der Waals surface area contributed by atoms with Gasteiger partial charge >= 0.3 is 6.36 Å². The van der Waals surface area contributed by atoms with Crippen LogP contribution in [0.15, 0.2) is 60.7 Å². The lowest BCUT2D eigenvalue weighted by molar-refractivity contribution is -0.274. The molecule has 3 aromatic rings. The van der Waals surface area contributed by atoms with Gasteiger partial charge in [-0.05, 0) is 85.3 Å². The summed E-state index contributed by atoms with van der Waals surface area (Å²) in [7, 11) is 0. The first kappa shape index (κ1) is 35.4. The third kappa shape index (κ3) is 11.4. The Morgan fingerprint density at radius 2 is 1.56 bits per heavy atom. The minimum atomic E-state index is -4.85. The van der Waals surface area contributed by atoms with Crippen LogP contribution in [0.4, 0.5) is 22.0 Å². The van der Waals surface area contributed by atoms with Crippen LogP contribution >= 0.6 is 0 Å². The van der Waals surface area contributed by atoms with Gasteiger partial charge in [0.25, 0.3) is 11.8 Å². The number of carbonyl (C=O) groups excluding carboxylic acids is 2. The molecule has 0 aliphatic heterocycles. The van der Waals surface area contributed by atoms with E-state index in [9.17, 15) is 36.6 Å². The third-order valence-electron chi connectivity index (χ3n) is 6.83. The Morgan fingerprint density at radius 1 is 0.911 bits per heavy atom. The SMILES string of the molecule is CCCN(CCC)C(=O)c1cc(C)cc(C(=O)N[C@@H](Cc2cc(F)cc(F)c2)[C@H](O)CNCc2cccc(OC(F)(F)F)c2)c1. The lowest BCUT2D eigenvalue weighted by atomic mass is 9.99. The molecule has 45 heavy (non-hydrogen) atoms. The number of hydrogen-bond acceptors (Lipinski definition) is 5. The quantitative estimate of drug-likeness (QED) is 0.180. The van der Waals surface area contributed by atoms with E-state index in [1.807, 2.05) is 13.8 Å². The second kappa shape index (κ2) is 16.3. The Hall–Kier alpha value is -4.03. The lowest BCUT2D eigenvalue weighted by Gasteiger charge is -2.25. The van der Waals surface area contributed by atoms with E-state index in [2.05, 4.69) is 15.4 Å². The van der Waals surface area contributed by atoms with Gasteiger partial charge in [-0.1, -0.05) is 26.0 Å². The first-order valence-corrected chi connectivity index (χ1v) is 14.7. The maximum atomic E-state index is 14.0. The van der Waals surface area contributed by atoms with Crippen molar-refractivity contribution in [1.82, 2.24) is 15.5 Å². The summed E-state index contributed by atoms with van der Waals surface area (Å²) in [4.78, 5) is 28.4. The molecule has 2 amide bonds. The summed E-state index contributed by atoms with van der Waals surface area (Å²) in [5.41, 5.74) is 1.80. The number of carbonyl (C=O) groups is 2. The fourth-order valence-corrected chi connectivity index (χ4v) is 4.95. The van der Waals surface area contributed by atoms with E-state index in [-0.39, 0.29) is 36.5 Å². The van der Waals surface area contributed by atoms with Crippen molar-refractivity contribution in [2.75, 3.05) is 19.6 Å². The molecule has 0 heterocycles. The molecule has 3 rings (SSSR count). The van der Waals surface area contributed by atoms with Gasteiger partial charge in [-0.15, -0.1) is 13.2 Å². The molecule has 0 unspecified atom stereocenters. The van der Waals surface area contributed by atoms with Gasteiger partial charge in [0.05, 0.1) is 12.1 Å². The number of ether oxygens (including phenoxy) is 1. The molecule has 0 bridgehead atoms. The summed E-state index contributed by atoms with van der Waals surface area (Å²) < 4.78 is 69.6. The molecule has 12 heteroatoms. The predicted octanol–water partition coefficient (Wildman–Crippen LogP) is 5.93. The molecule has 3 N–H and O–H groups in total. The standard InChI is InChI=1S/C33H38F5N3O4/c1-4-9-41(10-5-2)32(44)25-12-21(3)11-24(17-25)31(43)40-29(16-23-13-26(34)18-27(35)14-23)30(42)20-39-19-22-7-6-8-28(15-22)45-33(36,37)38/h6-8,11-15,17-18,29-30,39,42H,4-5,9-10,16,19-20H2,1-3H3,(H,40,43)/t29-,30+/m0/s1. The number of nitrogens with one attached hydrogen (secondary N) is 2. The maximum absolute atomic E-state index is 14.0. The minimum Gasteiger partial charge on any atom is -0.406 e. The van der Waals surface area contributed by atoms with Gasteiger partial charge in [-0.3, -0.25) is 9.59 Å². The number of benzene rings is 3. The smallest absolute Gasteiger partial charge is 0.406 e. The average Bonchev–Trinajstić information content (AvgIpc) is 2.94. The third-order valence-corrected chi connectivity index (χ3v) is 6.83. The largest absolute Gasteiger partial charge is 0.573 e. The zero-order valence-corrected chi connectivity index (χ0v) is 25.4. The van der Waals surface area contributed by atoms with Gasteiger partial charge < -0.3 is 25.4 Å². The van der Waals surface area contributed by atoms with Crippen LogP contribution in [-0.2, 0) is 13.0 Å². The molecule has 0 aromatic heterocycles. The molecule has 0 aliphatic rings. The van der Waals surface area contributed by atoms with Crippen molar-refractivity contribution >= 4 is 11.8 Å². The lowest BCUT2D eigenvalue weighted by Crippen LogP contribution is -2.48. The van der Waals surface area contributed by atoms with E-state index < -0.39 is 41.8 Å². The second-order valence-corrected chi connectivity index (χ2v) is 10.8. The first-order valence-electron chi connectivity index (χ1n) is 14.7. The Morgan fingerprint density at radius 3 is 2.18 bits per heavy atom. The van der Waals surface area contributed by atoms with Crippen LogP contribution in [-0.4, -0.2) is 60.0 Å². The highest BCUT2D eigenvalue weighted by Crippen LogP contribution is 2.23. The van der Waals surface area contributed by atoms with E-state index in [1.54, 1.807) is 30.0 Å². The Balaban J connectivity index is 1.79. The molecule has 0 radical (unpaired) electrons. The van der Waals surface area contributed by atoms with Gasteiger partial charge in [0, 0.05) is 43.4 Å². The number of aliphatic hydroxyl groups excluding tert-OH is 1. The molecular weight excluding hydrogens is 597 g/mol. The number of aryl methyl sites for hydroxylation is 1. The highest BCUT2D eigenvalue weighted by Gasteiger charge is 2.31. The Kier molecular flexibility index (Phi) is 12.9. The van der Waals surface area contributed by atoms with Crippen molar-refractivity contribution < 1.29 is 41.4 Å². The minimum absolute atomic E-state index is 0.0523. The van der Waals surface area contributed by atoms with Gasteiger partial charge in [-0.25, -0.2) is 8.78 Å². The Labute approximate surface area is 259 Å². The van der Waals surface area contributed by atoms with Crippen molar-refractivity contribution in [1.29, 1.82) is 0 Å². The van der Waals surface area contributed by atoms with Gasteiger partial charge in [-0.2, -0.15) is 0 Å². The van der Waals surface area contributed by atoms with E-state index >= 15 is 0 Å². The topological polar surface area (TPSA) is 90.9 Å². The van der Waals surface area contributed by atoms with Crippen molar-refractivity contribution in [3.05, 3.63) is 100 Å². The van der Waals surface area contributed by atoms with Gasteiger partial charge in [0.15, 0.2) is 0 Å². The van der Waals surface area contributed by atoms with Crippen LogP contribution in [0.3, 0.4) is 0 Å². The van der Waals surface area contributed by atoms with Crippen LogP contribution in [0.2, 0.25) is 0 Å². The van der Waals surface area contributed by atoms with E-state index in [0.29, 0.717) is 35.8 Å². The van der Waals surface area contributed by atoms with Crippen LogP contribution < -0.4 is 15.4 Å². The average molecular weight is 636 g/mol. The molecule has 244 valence electrons. The van der Waals surface area contributed by atoms with Gasteiger partial charge in [0.1, 0.15) is 17.4 Å². The molecule has 0 spiro atoms. The molecule has 0 saturated carbocycles. The summed E-state index contributed by atoms with van der Waals surface area (Å²) in [6, 6.07) is 11.9. The van der Waals surface area contributed by atoms with Crippen LogP contribution in [0.5, 0.6) is 5.75 Å². The summed E-state index contributed by atoms with van der Waals surface area (Å²) in [5.74, 6) is -2.87. The molecule has 0 fully saturated rings. The van der Waals surface area contributed by atoms with E-state index in [0.717, 1.165) is 31.0 Å². The summed E-state index contributed by atoms with van der Waals surface area (Å²) >= 11 is 0. The number of nitrogens with zero attached hydrogens (tertiary/aromatic N) is 1. The number of halogens is 5.